The summed E-state index contributed by atoms with van der Waals surface area (Å²) in [5.74, 6) is -1.27. The molecule has 0 heterocycles. The second-order valence-electron chi connectivity index (χ2n) is 7.93. The Morgan fingerprint density at radius 2 is 1.08 bits per heavy atom. The number of rotatable bonds is 11. The highest BCUT2D eigenvalue weighted by Crippen LogP contribution is 2.38. The van der Waals surface area contributed by atoms with Crippen LogP contribution in [0.3, 0.4) is 0 Å². The Bertz CT molecular complexity index is 368. The van der Waals surface area contributed by atoms with Crippen molar-refractivity contribution in [2.45, 2.75) is 116 Å². The molecule has 0 spiro atoms. The van der Waals surface area contributed by atoms with Gasteiger partial charge in [-0.05, 0) is 25.7 Å². The molecule has 1 fully saturated rings. The first-order chi connectivity index (χ1) is 12.1. The molecular weight excluding hydrogens is 316 g/mol. The van der Waals surface area contributed by atoms with Gasteiger partial charge in [-0.25, -0.2) is 0 Å². The van der Waals surface area contributed by atoms with Crippen LogP contribution < -0.4 is 0 Å². The van der Waals surface area contributed by atoms with Gasteiger partial charge in [0, 0.05) is 6.42 Å². The predicted octanol–water partition coefficient (Wildman–Crippen LogP) is 6.18. The summed E-state index contributed by atoms with van der Waals surface area (Å²) in [5.41, 5.74) is -0.473. The Morgan fingerprint density at radius 3 is 1.56 bits per heavy atom. The third-order valence-electron chi connectivity index (χ3n) is 5.81. The van der Waals surface area contributed by atoms with Crippen molar-refractivity contribution in [2.75, 3.05) is 0 Å². The molecule has 1 rings (SSSR count). The molecule has 0 bridgehead atoms. The fourth-order valence-corrected chi connectivity index (χ4v) is 4.13. The predicted molar refractivity (Wildman–Crippen MR) is 101 cm³/mol. The van der Waals surface area contributed by atoms with Crippen molar-refractivity contribution in [3.63, 3.8) is 0 Å². The Kier molecular flexibility index (Phi) is 11.6. The first-order valence-corrected chi connectivity index (χ1v) is 10.5. The minimum Gasteiger partial charge on any atom is -0.481 e. The smallest absolute Gasteiger partial charge is 0.309 e. The fourth-order valence-electron chi connectivity index (χ4n) is 4.13. The molecule has 0 aromatic rings. The van der Waals surface area contributed by atoms with Crippen molar-refractivity contribution >= 4 is 11.9 Å². The summed E-state index contributed by atoms with van der Waals surface area (Å²) in [7, 11) is 0. The van der Waals surface area contributed by atoms with E-state index in [0.29, 0.717) is 0 Å². The summed E-state index contributed by atoms with van der Waals surface area (Å²) >= 11 is 0. The monoisotopic (exact) mass is 354 g/mol. The zero-order chi connectivity index (χ0) is 18.4. The SMILES string of the molecule is O=C(O)CCCCCCCCCC1(C(=O)O)CCCCCCCCC1. The van der Waals surface area contributed by atoms with Gasteiger partial charge in [0.15, 0.2) is 0 Å². The highest BCUT2D eigenvalue weighted by atomic mass is 16.4. The van der Waals surface area contributed by atoms with Gasteiger partial charge >= 0.3 is 11.9 Å². The van der Waals surface area contributed by atoms with E-state index >= 15 is 0 Å². The lowest BCUT2D eigenvalue weighted by molar-refractivity contribution is -0.151. The third-order valence-corrected chi connectivity index (χ3v) is 5.81. The van der Waals surface area contributed by atoms with Crippen LogP contribution in [0.4, 0.5) is 0 Å². The van der Waals surface area contributed by atoms with E-state index < -0.39 is 17.4 Å². The average molecular weight is 355 g/mol. The zero-order valence-electron chi connectivity index (χ0n) is 15.9. The molecule has 25 heavy (non-hydrogen) atoms. The Morgan fingerprint density at radius 1 is 0.640 bits per heavy atom. The normalized spacial score (nSPS) is 18.6. The highest BCUT2D eigenvalue weighted by Gasteiger charge is 2.36. The maximum Gasteiger partial charge on any atom is 0.309 e. The number of unbranched alkanes of at least 4 members (excludes halogenated alkanes) is 6. The number of carbonyl (C=O) groups is 2. The highest BCUT2D eigenvalue weighted by molar-refractivity contribution is 5.74. The topological polar surface area (TPSA) is 74.6 Å². The Balaban J connectivity index is 2.24. The van der Waals surface area contributed by atoms with Gasteiger partial charge in [-0.15, -0.1) is 0 Å². The van der Waals surface area contributed by atoms with E-state index in [2.05, 4.69) is 0 Å². The van der Waals surface area contributed by atoms with Gasteiger partial charge in [-0.3, -0.25) is 9.59 Å². The van der Waals surface area contributed by atoms with Crippen LogP contribution in [0.5, 0.6) is 0 Å². The quantitative estimate of drug-likeness (QED) is 0.435. The molecular formula is C21H38O4. The van der Waals surface area contributed by atoms with Gasteiger partial charge in [0.1, 0.15) is 0 Å². The van der Waals surface area contributed by atoms with Crippen LogP contribution in [-0.2, 0) is 9.59 Å². The molecule has 1 aliphatic rings. The van der Waals surface area contributed by atoms with Gasteiger partial charge in [-0.1, -0.05) is 83.5 Å². The van der Waals surface area contributed by atoms with Crippen LogP contribution in [0.2, 0.25) is 0 Å². The van der Waals surface area contributed by atoms with Gasteiger partial charge in [0.25, 0.3) is 0 Å². The molecule has 0 aromatic carbocycles. The van der Waals surface area contributed by atoms with Gasteiger partial charge in [0.05, 0.1) is 5.41 Å². The molecule has 4 nitrogen and oxygen atoms in total. The van der Waals surface area contributed by atoms with Crippen LogP contribution in [-0.4, -0.2) is 22.2 Å². The van der Waals surface area contributed by atoms with E-state index in [1.165, 1.54) is 32.1 Å². The van der Waals surface area contributed by atoms with Crippen LogP contribution in [0.15, 0.2) is 0 Å². The fraction of sp³-hybridized carbons (Fsp3) is 0.905. The number of hydrogen-bond donors (Lipinski definition) is 2. The molecule has 0 atom stereocenters. The largest absolute Gasteiger partial charge is 0.481 e. The number of carboxylic acid groups (broad SMARTS) is 2. The van der Waals surface area contributed by atoms with E-state index in [0.717, 1.165) is 77.0 Å². The van der Waals surface area contributed by atoms with Crippen LogP contribution in [0.25, 0.3) is 0 Å². The zero-order valence-corrected chi connectivity index (χ0v) is 15.9. The van der Waals surface area contributed by atoms with E-state index in [-0.39, 0.29) is 6.42 Å². The maximum absolute atomic E-state index is 12.0. The number of carboxylic acids is 2. The van der Waals surface area contributed by atoms with Crippen molar-refractivity contribution in [1.82, 2.24) is 0 Å². The van der Waals surface area contributed by atoms with E-state index in [1.54, 1.807) is 0 Å². The second kappa shape index (κ2) is 13.2. The standard InChI is InChI=1S/C21H38O4/c22-19(23)15-11-7-3-1-4-8-12-16-21(20(24)25)17-13-9-5-2-6-10-14-18-21/h1-18H2,(H,22,23)(H,24,25). The van der Waals surface area contributed by atoms with Crippen LogP contribution in [0.1, 0.15) is 116 Å². The third kappa shape index (κ3) is 9.86. The minimum absolute atomic E-state index is 0.279. The summed E-state index contributed by atoms with van der Waals surface area (Å²) in [5, 5.41) is 18.5. The van der Waals surface area contributed by atoms with Crippen molar-refractivity contribution in [2.24, 2.45) is 5.41 Å². The molecule has 146 valence electrons. The summed E-state index contributed by atoms with van der Waals surface area (Å²) in [6.45, 7) is 0. The minimum atomic E-state index is -0.704. The molecule has 0 aliphatic heterocycles. The van der Waals surface area contributed by atoms with E-state index in [1.807, 2.05) is 0 Å². The van der Waals surface area contributed by atoms with Gasteiger partial charge in [0.2, 0.25) is 0 Å². The van der Waals surface area contributed by atoms with Crippen LogP contribution in [0, 0.1) is 5.41 Å². The molecule has 0 amide bonds. The average Bonchev–Trinajstić information content (AvgIpc) is 2.58. The van der Waals surface area contributed by atoms with Crippen LogP contribution >= 0.6 is 0 Å². The summed E-state index contributed by atoms with van der Waals surface area (Å²) in [6.07, 6.45) is 18.4. The lowest BCUT2D eigenvalue weighted by atomic mass is 9.73. The van der Waals surface area contributed by atoms with E-state index in [9.17, 15) is 14.7 Å². The van der Waals surface area contributed by atoms with Crippen molar-refractivity contribution in [1.29, 1.82) is 0 Å². The van der Waals surface area contributed by atoms with Gasteiger partial charge < -0.3 is 10.2 Å². The number of hydrogen-bond acceptors (Lipinski definition) is 2. The molecule has 2 N–H and O–H groups in total. The van der Waals surface area contributed by atoms with Crippen molar-refractivity contribution in [3.8, 4) is 0 Å². The number of aliphatic carboxylic acids is 2. The molecule has 0 radical (unpaired) electrons. The van der Waals surface area contributed by atoms with E-state index in [4.69, 9.17) is 5.11 Å². The summed E-state index contributed by atoms with van der Waals surface area (Å²) < 4.78 is 0. The first-order valence-electron chi connectivity index (χ1n) is 10.5. The molecule has 0 saturated heterocycles. The van der Waals surface area contributed by atoms with Crippen molar-refractivity contribution in [3.05, 3.63) is 0 Å². The Labute approximate surface area is 153 Å². The second-order valence-corrected chi connectivity index (χ2v) is 7.93. The van der Waals surface area contributed by atoms with Gasteiger partial charge in [-0.2, -0.15) is 0 Å². The maximum atomic E-state index is 12.0. The molecule has 0 unspecified atom stereocenters. The summed E-state index contributed by atoms with van der Waals surface area (Å²) in [6, 6.07) is 0. The summed E-state index contributed by atoms with van der Waals surface area (Å²) in [4.78, 5) is 22.4. The molecule has 1 aliphatic carbocycles. The lowest BCUT2D eigenvalue weighted by Gasteiger charge is -2.30. The Hall–Kier alpha value is -1.06. The molecule has 1 saturated carbocycles. The molecule has 4 heteroatoms. The lowest BCUT2D eigenvalue weighted by Crippen LogP contribution is -2.31. The molecule has 0 aromatic heterocycles. The van der Waals surface area contributed by atoms with Crippen molar-refractivity contribution < 1.29 is 19.8 Å². The first kappa shape index (κ1) is 22.0.